The van der Waals surface area contributed by atoms with Crippen LogP contribution in [0.1, 0.15) is 24.1 Å². The molecule has 1 aliphatic rings. The number of benzene rings is 1. The fourth-order valence-corrected chi connectivity index (χ4v) is 3.57. The molecule has 6 heteroatoms. The summed E-state index contributed by atoms with van der Waals surface area (Å²) in [6.07, 6.45) is 3.75. The lowest BCUT2D eigenvalue weighted by atomic mass is 10.2. The van der Waals surface area contributed by atoms with Crippen LogP contribution in [0.2, 0.25) is 0 Å². The molecule has 1 aromatic heterocycles. The maximum Gasteiger partial charge on any atom is 0.161 e. The minimum atomic E-state index is -0.502. The number of pyridine rings is 1. The summed E-state index contributed by atoms with van der Waals surface area (Å²) >= 11 is 0. The molecule has 1 saturated heterocycles. The Bertz CT molecular complexity index is 720. The predicted octanol–water partition coefficient (Wildman–Crippen LogP) is 2.56. The minimum absolute atomic E-state index is 0.264. The summed E-state index contributed by atoms with van der Waals surface area (Å²) < 4.78 is 11.3. The molecule has 1 fully saturated rings. The molecule has 0 saturated carbocycles. The Morgan fingerprint density at radius 2 is 1.96 bits per heavy atom. The van der Waals surface area contributed by atoms with Crippen molar-refractivity contribution in [3.05, 3.63) is 53.9 Å². The summed E-state index contributed by atoms with van der Waals surface area (Å²) in [5.41, 5.74) is 2.17. The van der Waals surface area contributed by atoms with Crippen molar-refractivity contribution in [1.29, 1.82) is 0 Å². The van der Waals surface area contributed by atoms with Gasteiger partial charge in [-0.3, -0.25) is 9.88 Å². The van der Waals surface area contributed by atoms with E-state index in [1.165, 1.54) is 12.8 Å². The van der Waals surface area contributed by atoms with Crippen LogP contribution in [0.5, 0.6) is 11.5 Å². The van der Waals surface area contributed by atoms with Crippen LogP contribution >= 0.6 is 0 Å². The second-order valence-corrected chi connectivity index (χ2v) is 7.45. The van der Waals surface area contributed by atoms with Crippen molar-refractivity contribution in [1.82, 2.24) is 14.8 Å². The molecule has 2 aromatic rings. The van der Waals surface area contributed by atoms with Crippen LogP contribution in [-0.2, 0) is 13.1 Å². The Hall–Kier alpha value is -2.15. The topological polar surface area (TPSA) is 58.1 Å². The molecule has 1 aromatic carbocycles. The molecule has 0 radical (unpaired) electrons. The molecule has 0 spiro atoms. The van der Waals surface area contributed by atoms with E-state index in [9.17, 15) is 5.11 Å². The largest absolute Gasteiger partial charge is 0.493 e. The number of hydrogen-bond acceptors (Lipinski definition) is 6. The molecular weight excluding hydrogens is 354 g/mol. The standard InChI is InChI=1S/C22H31N3O3/c1-24(15-19-7-3-4-10-23-19)14-18-8-9-21(27-2)22(13-18)28-17-20(26)16-25-11-5-6-12-25/h3-4,7-10,13,20,26H,5-6,11-12,14-17H2,1-2H3. The molecule has 28 heavy (non-hydrogen) atoms. The minimum Gasteiger partial charge on any atom is -0.493 e. The summed E-state index contributed by atoms with van der Waals surface area (Å²) in [6.45, 7) is 4.61. The molecular formula is C22H31N3O3. The number of hydrogen-bond donors (Lipinski definition) is 1. The maximum absolute atomic E-state index is 10.3. The van der Waals surface area contributed by atoms with Gasteiger partial charge in [-0.15, -0.1) is 0 Å². The van der Waals surface area contributed by atoms with Crippen molar-refractivity contribution in [2.24, 2.45) is 0 Å². The zero-order chi connectivity index (χ0) is 19.8. The van der Waals surface area contributed by atoms with Crippen LogP contribution in [0.25, 0.3) is 0 Å². The van der Waals surface area contributed by atoms with Gasteiger partial charge in [-0.2, -0.15) is 0 Å². The average Bonchev–Trinajstić information content (AvgIpc) is 3.20. The van der Waals surface area contributed by atoms with E-state index in [4.69, 9.17) is 9.47 Å². The van der Waals surface area contributed by atoms with E-state index in [1.807, 2.05) is 42.6 Å². The zero-order valence-corrected chi connectivity index (χ0v) is 16.9. The number of aliphatic hydroxyl groups excluding tert-OH is 1. The predicted molar refractivity (Wildman–Crippen MR) is 110 cm³/mol. The first kappa shape index (κ1) is 20.6. The molecule has 0 aliphatic carbocycles. The van der Waals surface area contributed by atoms with E-state index in [1.54, 1.807) is 7.11 Å². The molecule has 2 heterocycles. The van der Waals surface area contributed by atoms with Gasteiger partial charge in [0, 0.05) is 25.8 Å². The van der Waals surface area contributed by atoms with Crippen LogP contribution in [0.4, 0.5) is 0 Å². The third kappa shape index (κ3) is 6.19. The summed E-state index contributed by atoms with van der Waals surface area (Å²) in [5.74, 6) is 1.36. The first-order valence-corrected chi connectivity index (χ1v) is 9.92. The molecule has 1 N–H and O–H groups in total. The normalized spacial score (nSPS) is 15.7. The van der Waals surface area contributed by atoms with Crippen molar-refractivity contribution >= 4 is 0 Å². The van der Waals surface area contributed by atoms with Crippen LogP contribution in [0.3, 0.4) is 0 Å². The van der Waals surface area contributed by atoms with Crippen LogP contribution in [0, 0.1) is 0 Å². The van der Waals surface area contributed by atoms with Gasteiger partial charge in [0.15, 0.2) is 11.5 Å². The van der Waals surface area contributed by atoms with E-state index < -0.39 is 6.10 Å². The third-order valence-corrected chi connectivity index (χ3v) is 4.94. The molecule has 0 amide bonds. The Morgan fingerprint density at radius 1 is 1.14 bits per heavy atom. The van der Waals surface area contributed by atoms with Crippen molar-refractivity contribution < 1.29 is 14.6 Å². The summed E-state index contributed by atoms with van der Waals surface area (Å²) in [5, 5.41) is 10.3. The van der Waals surface area contributed by atoms with Gasteiger partial charge >= 0.3 is 0 Å². The SMILES string of the molecule is COc1ccc(CN(C)Cc2ccccn2)cc1OCC(O)CN1CCCC1. The second-order valence-electron chi connectivity index (χ2n) is 7.45. The highest BCUT2D eigenvalue weighted by atomic mass is 16.5. The number of likely N-dealkylation sites (tertiary alicyclic amines) is 1. The summed E-state index contributed by atoms with van der Waals surface area (Å²) in [6, 6.07) is 11.9. The molecule has 152 valence electrons. The van der Waals surface area contributed by atoms with Crippen molar-refractivity contribution in [2.75, 3.05) is 40.4 Å². The maximum atomic E-state index is 10.3. The van der Waals surface area contributed by atoms with E-state index in [0.29, 0.717) is 18.0 Å². The van der Waals surface area contributed by atoms with E-state index in [-0.39, 0.29) is 6.61 Å². The van der Waals surface area contributed by atoms with Crippen LogP contribution < -0.4 is 9.47 Å². The fraction of sp³-hybridized carbons (Fsp3) is 0.500. The molecule has 3 rings (SSSR count). The molecule has 1 aliphatic heterocycles. The van der Waals surface area contributed by atoms with Gasteiger partial charge < -0.3 is 19.5 Å². The van der Waals surface area contributed by atoms with Crippen molar-refractivity contribution in [3.63, 3.8) is 0 Å². The lowest BCUT2D eigenvalue weighted by Gasteiger charge is -2.21. The van der Waals surface area contributed by atoms with Crippen LogP contribution in [0.15, 0.2) is 42.6 Å². The molecule has 6 nitrogen and oxygen atoms in total. The van der Waals surface area contributed by atoms with Gasteiger partial charge in [0.1, 0.15) is 12.7 Å². The number of rotatable bonds is 10. The van der Waals surface area contributed by atoms with Gasteiger partial charge in [-0.25, -0.2) is 0 Å². The number of aliphatic hydroxyl groups is 1. The zero-order valence-electron chi connectivity index (χ0n) is 16.9. The lowest BCUT2D eigenvalue weighted by molar-refractivity contribution is 0.0746. The Morgan fingerprint density at radius 3 is 2.68 bits per heavy atom. The highest BCUT2D eigenvalue weighted by Gasteiger charge is 2.17. The highest BCUT2D eigenvalue weighted by molar-refractivity contribution is 5.43. The molecule has 1 unspecified atom stereocenters. The lowest BCUT2D eigenvalue weighted by Crippen LogP contribution is -2.33. The van der Waals surface area contributed by atoms with Gasteiger partial charge in [-0.1, -0.05) is 12.1 Å². The number of β-amino-alcohol motifs (C(OH)–C–C–N with tert-alkyl or cyclic N) is 1. The Labute approximate surface area is 167 Å². The van der Waals surface area contributed by atoms with E-state index in [2.05, 4.69) is 21.8 Å². The van der Waals surface area contributed by atoms with Crippen LogP contribution in [-0.4, -0.2) is 66.4 Å². The smallest absolute Gasteiger partial charge is 0.161 e. The number of nitrogens with zero attached hydrogens (tertiary/aromatic N) is 3. The molecule has 1 atom stereocenters. The van der Waals surface area contributed by atoms with Crippen molar-refractivity contribution in [2.45, 2.75) is 32.0 Å². The fourth-order valence-electron chi connectivity index (χ4n) is 3.57. The average molecular weight is 386 g/mol. The first-order chi connectivity index (χ1) is 13.6. The monoisotopic (exact) mass is 385 g/mol. The third-order valence-electron chi connectivity index (χ3n) is 4.94. The quantitative estimate of drug-likeness (QED) is 0.678. The Balaban J connectivity index is 1.56. The van der Waals surface area contributed by atoms with E-state index >= 15 is 0 Å². The summed E-state index contributed by atoms with van der Waals surface area (Å²) in [4.78, 5) is 8.87. The second kappa shape index (κ2) is 10.4. The van der Waals surface area contributed by atoms with Gasteiger partial charge in [0.25, 0.3) is 0 Å². The van der Waals surface area contributed by atoms with Gasteiger partial charge in [-0.05, 0) is 62.8 Å². The summed E-state index contributed by atoms with van der Waals surface area (Å²) in [7, 11) is 3.70. The van der Waals surface area contributed by atoms with Crippen molar-refractivity contribution in [3.8, 4) is 11.5 Å². The number of methoxy groups -OCH3 is 1. The van der Waals surface area contributed by atoms with E-state index in [0.717, 1.165) is 37.4 Å². The number of ether oxygens (including phenoxy) is 2. The Kier molecular flexibility index (Phi) is 7.65. The highest BCUT2D eigenvalue weighted by Crippen LogP contribution is 2.29. The van der Waals surface area contributed by atoms with Gasteiger partial charge in [0.2, 0.25) is 0 Å². The first-order valence-electron chi connectivity index (χ1n) is 9.92. The number of aromatic nitrogens is 1. The molecule has 0 bridgehead atoms. The van der Waals surface area contributed by atoms with Gasteiger partial charge in [0.05, 0.1) is 12.8 Å².